The van der Waals surface area contributed by atoms with E-state index in [1.54, 1.807) is 0 Å². The minimum atomic E-state index is 0.363. The average molecular weight is 303 g/mol. The van der Waals surface area contributed by atoms with Gasteiger partial charge in [0, 0.05) is 5.56 Å². The number of para-hydroxylation sites is 1. The summed E-state index contributed by atoms with van der Waals surface area (Å²) in [7, 11) is 0. The molecule has 0 spiro atoms. The molecule has 3 heteroatoms. The molecule has 1 saturated heterocycles. The molecule has 0 saturated carbocycles. The minimum Gasteiger partial charge on any atom is -0.309 e. The summed E-state index contributed by atoms with van der Waals surface area (Å²) >= 11 is 0. The van der Waals surface area contributed by atoms with Crippen molar-refractivity contribution in [1.82, 2.24) is 15.1 Å². The van der Waals surface area contributed by atoms with Gasteiger partial charge >= 0.3 is 0 Å². The van der Waals surface area contributed by atoms with Gasteiger partial charge in [-0.25, -0.2) is 4.68 Å². The number of hydrogen-bond acceptors (Lipinski definition) is 2. The molecule has 1 unspecified atom stereocenters. The van der Waals surface area contributed by atoms with Crippen LogP contribution in [0.2, 0.25) is 0 Å². The largest absolute Gasteiger partial charge is 0.309 e. The van der Waals surface area contributed by atoms with Crippen molar-refractivity contribution in [3.05, 3.63) is 72.6 Å². The van der Waals surface area contributed by atoms with Crippen molar-refractivity contribution in [2.24, 2.45) is 0 Å². The molecule has 4 rings (SSSR count). The molecule has 1 atom stereocenters. The lowest BCUT2D eigenvalue weighted by atomic mass is 9.96. The monoisotopic (exact) mass is 303 g/mol. The van der Waals surface area contributed by atoms with Crippen molar-refractivity contribution >= 4 is 0 Å². The van der Waals surface area contributed by atoms with E-state index in [4.69, 9.17) is 5.10 Å². The highest BCUT2D eigenvalue weighted by Gasteiger charge is 2.24. The molecule has 0 bridgehead atoms. The van der Waals surface area contributed by atoms with E-state index < -0.39 is 0 Å². The molecule has 0 amide bonds. The maximum Gasteiger partial charge on any atom is 0.0690 e. The second-order valence-corrected chi connectivity index (χ2v) is 6.06. The summed E-state index contributed by atoms with van der Waals surface area (Å²) in [6.07, 6.45) is 5.70. The third-order valence-electron chi connectivity index (χ3n) is 4.53. The zero-order chi connectivity index (χ0) is 15.5. The molecule has 3 nitrogen and oxygen atoms in total. The smallest absolute Gasteiger partial charge is 0.0690 e. The molecule has 3 aromatic rings. The predicted molar refractivity (Wildman–Crippen MR) is 93.6 cm³/mol. The first-order chi connectivity index (χ1) is 11.4. The fraction of sp³-hybridized carbons (Fsp3) is 0.250. The number of hydrogen-bond donors (Lipinski definition) is 1. The van der Waals surface area contributed by atoms with Crippen molar-refractivity contribution < 1.29 is 0 Å². The van der Waals surface area contributed by atoms with Gasteiger partial charge in [-0.3, -0.25) is 0 Å². The SMILES string of the molecule is c1ccc(-c2cnn(-c3ccccc3)c2C2CCCCN2)cc1. The van der Waals surface area contributed by atoms with Crippen LogP contribution >= 0.6 is 0 Å². The highest BCUT2D eigenvalue weighted by molar-refractivity contribution is 5.67. The second-order valence-electron chi connectivity index (χ2n) is 6.06. The van der Waals surface area contributed by atoms with Gasteiger partial charge in [-0.2, -0.15) is 5.10 Å². The normalized spacial score (nSPS) is 18.0. The van der Waals surface area contributed by atoms with Gasteiger partial charge in [0.2, 0.25) is 0 Å². The highest BCUT2D eigenvalue weighted by Crippen LogP contribution is 2.33. The molecule has 2 heterocycles. The lowest BCUT2D eigenvalue weighted by Crippen LogP contribution is -2.29. The molecule has 116 valence electrons. The first kappa shape index (κ1) is 14.2. The maximum atomic E-state index is 4.71. The van der Waals surface area contributed by atoms with Crippen LogP contribution in [0.5, 0.6) is 0 Å². The number of aromatic nitrogens is 2. The lowest BCUT2D eigenvalue weighted by Gasteiger charge is -2.25. The van der Waals surface area contributed by atoms with E-state index in [2.05, 4.69) is 64.6 Å². The summed E-state index contributed by atoms with van der Waals surface area (Å²) in [5, 5.41) is 8.40. The van der Waals surface area contributed by atoms with E-state index in [0.29, 0.717) is 6.04 Å². The van der Waals surface area contributed by atoms with Crippen LogP contribution in [0, 0.1) is 0 Å². The number of nitrogens with zero attached hydrogens (tertiary/aromatic N) is 2. The first-order valence-electron chi connectivity index (χ1n) is 8.35. The van der Waals surface area contributed by atoms with Crippen molar-refractivity contribution in [2.75, 3.05) is 6.54 Å². The Balaban J connectivity index is 1.85. The zero-order valence-corrected chi connectivity index (χ0v) is 13.2. The summed E-state index contributed by atoms with van der Waals surface area (Å²) in [4.78, 5) is 0. The van der Waals surface area contributed by atoms with Gasteiger partial charge in [0.05, 0.1) is 23.6 Å². The summed E-state index contributed by atoms with van der Waals surface area (Å²) in [6.45, 7) is 1.08. The average Bonchev–Trinajstić information content (AvgIpc) is 3.09. The van der Waals surface area contributed by atoms with Crippen molar-refractivity contribution in [1.29, 1.82) is 0 Å². The quantitative estimate of drug-likeness (QED) is 0.779. The highest BCUT2D eigenvalue weighted by atomic mass is 15.3. The van der Waals surface area contributed by atoms with Crippen LogP contribution in [0.25, 0.3) is 16.8 Å². The predicted octanol–water partition coefficient (Wildman–Crippen LogP) is 4.35. The van der Waals surface area contributed by atoms with Crippen LogP contribution in [0.15, 0.2) is 66.9 Å². The molecule has 0 aliphatic carbocycles. The Morgan fingerprint density at radius 2 is 1.65 bits per heavy atom. The molecule has 0 radical (unpaired) electrons. The molecule has 1 fully saturated rings. The van der Waals surface area contributed by atoms with Gasteiger partial charge in [0.25, 0.3) is 0 Å². The Bertz CT molecular complexity index is 699. The molecule has 1 aromatic heterocycles. The van der Waals surface area contributed by atoms with Gasteiger partial charge in [0.1, 0.15) is 0 Å². The van der Waals surface area contributed by atoms with Crippen molar-refractivity contribution in [3.63, 3.8) is 0 Å². The van der Waals surface area contributed by atoms with Gasteiger partial charge in [0.15, 0.2) is 0 Å². The van der Waals surface area contributed by atoms with Gasteiger partial charge in [-0.1, -0.05) is 55.0 Å². The van der Waals surface area contributed by atoms with Crippen molar-refractivity contribution in [2.45, 2.75) is 25.3 Å². The number of nitrogens with one attached hydrogen (secondary N) is 1. The Kier molecular flexibility index (Phi) is 3.95. The van der Waals surface area contributed by atoms with Gasteiger partial charge in [-0.15, -0.1) is 0 Å². The van der Waals surface area contributed by atoms with Crippen LogP contribution in [0.1, 0.15) is 31.0 Å². The fourth-order valence-electron chi connectivity index (χ4n) is 3.39. The molecule has 1 aliphatic heterocycles. The molecular weight excluding hydrogens is 282 g/mol. The van der Waals surface area contributed by atoms with E-state index in [1.165, 1.54) is 36.1 Å². The zero-order valence-electron chi connectivity index (χ0n) is 13.2. The van der Waals surface area contributed by atoms with Crippen LogP contribution in [-0.2, 0) is 0 Å². The third-order valence-corrected chi connectivity index (χ3v) is 4.53. The van der Waals surface area contributed by atoms with E-state index in [1.807, 2.05) is 12.3 Å². The molecular formula is C20H21N3. The Morgan fingerprint density at radius 1 is 0.913 bits per heavy atom. The van der Waals surface area contributed by atoms with Gasteiger partial charge < -0.3 is 5.32 Å². The third kappa shape index (κ3) is 2.80. The molecule has 23 heavy (non-hydrogen) atoms. The lowest BCUT2D eigenvalue weighted by molar-refractivity contribution is 0.399. The number of piperidine rings is 1. The Hall–Kier alpha value is -2.39. The van der Waals surface area contributed by atoms with Crippen LogP contribution in [0.4, 0.5) is 0 Å². The topological polar surface area (TPSA) is 29.9 Å². The Labute approximate surface area is 137 Å². The molecule has 2 aromatic carbocycles. The summed E-state index contributed by atoms with van der Waals surface area (Å²) in [5.41, 5.74) is 4.87. The second kappa shape index (κ2) is 6.39. The Morgan fingerprint density at radius 3 is 2.35 bits per heavy atom. The van der Waals surface area contributed by atoms with Gasteiger partial charge in [-0.05, 0) is 37.1 Å². The van der Waals surface area contributed by atoms with E-state index in [0.717, 1.165) is 12.2 Å². The van der Waals surface area contributed by atoms with E-state index >= 15 is 0 Å². The summed E-state index contributed by atoms with van der Waals surface area (Å²) < 4.78 is 2.10. The summed E-state index contributed by atoms with van der Waals surface area (Å²) in [5.74, 6) is 0. The summed E-state index contributed by atoms with van der Waals surface area (Å²) in [6, 6.07) is 21.4. The van der Waals surface area contributed by atoms with Crippen LogP contribution in [-0.4, -0.2) is 16.3 Å². The first-order valence-corrected chi connectivity index (χ1v) is 8.35. The fourth-order valence-corrected chi connectivity index (χ4v) is 3.39. The van der Waals surface area contributed by atoms with E-state index in [9.17, 15) is 0 Å². The maximum absolute atomic E-state index is 4.71. The molecule has 1 aliphatic rings. The minimum absolute atomic E-state index is 0.363. The standard InChI is InChI=1S/C20H21N3/c1-3-9-16(10-4-1)18-15-22-23(17-11-5-2-6-12-17)20(18)19-13-7-8-14-21-19/h1-6,9-12,15,19,21H,7-8,13-14H2. The molecule has 1 N–H and O–H groups in total. The number of benzene rings is 2. The van der Waals surface area contributed by atoms with Crippen LogP contribution < -0.4 is 5.32 Å². The van der Waals surface area contributed by atoms with Crippen LogP contribution in [0.3, 0.4) is 0 Å². The van der Waals surface area contributed by atoms with Crippen molar-refractivity contribution in [3.8, 4) is 16.8 Å². The number of rotatable bonds is 3. The van der Waals surface area contributed by atoms with E-state index in [-0.39, 0.29) is 0 Å².